The average Bonchev–Trinajstić information content (AvgIpc) is 3.16. The van der Waals surface area contributed by atoms with Crippen molar-refractivity contribution in [2.45, 2.75) is 6.42 Å². The summed E-state index contributed by atoms with van der Waals surface area (Å²) in [5, 5.41) is 20.8. The third-order valence-corrected chi connectivity index (χ3v) is 6.30. The van der Waals surface area contributed by atoms with E-state index in [1.54, 1.807) is 29.3 Å². The molecular formula is C26H27N9O3. The van der Waals surface area contributed by atoms with Crippen LogP contribution in [0, 0.1) is 11.8 Å². The van der Waals surface area contributed by atoms with Crippen LogP contribution in [0.2, 0.25) is 0 Å². The number of anilines is 3. The quantitative estimate of drug-likeness (QED) is 0.325. The summed E-state index contributed by atoms with van der Waals surface area (Å²) in [7, 11) is 0. The molecule has 2 aromatic heterocycles. The fourth-order valence-electron chi connectivity index (χ4n) is 4.48. The lowest BCUT2D eigenvalue weighted by atomic mass is 10.1. The van der Waals surface area contributed by atoms with Crippen molar-refractivity contribution in [3.05, 3.63) is 48.4 Å². The Bertz CT molecular complexity index is 1400. The molecule has 3 aromatic rings. The van der Waals surface area contributed by atoms with E-state index < -0.39 is 0 Å². The average molecular weight is 514 g/mol. The van der Waals surface area contributed by atoms with Gasteiger partial charge in [-0.3, -0.25) is 19.8 Å². The van der Waals surface area contributed by atoms with E-state index in [9.17, 15) is 14.7 Å². The second-order valence-corrected chi connectivity index (χ2v) is 9.00. The lowest BCUT2D eigenvalue weighted by molar-refractivity contribution is -0.135. The van der Waals surface area contributed by atoms with E-state index in [1.807, 2.05) is 18.2 Å². The van der Waals surface area contributed by atoms with Gasteiger partial charge in [-0.15, -0.1) is 10.2 Å². The van der Waals surface area contributed by atoms with Gasteiger partial charge in [-0.1, -0.05) is 18.1 Å². The molecule has 1 aromatic carbocycles. The number of nitrogens with one attached hydrogen (secondary N) is 1. The molecule has 2 fully saturated rings. The van der Waals surface area contributed by atoms with Crippen LogP contribution in [0.25, 0.3) is 11.3 Å². The number of benzene rings is 1. The number of rotatable bonds is 4. The maximum absolute atomic E-state index is 11.5. The van der Waals surface area contributed by atoms with Crippen LogP contribution in [0.5, 0.6) is 5.75 Å². The minimum Gasteiger partial charge on any atom is -0.507 e. The number of hydrogen-bond donors (Lipinski definition) is 3. The molecule has 0 saturated carbocycles. The predicted molar refractivity (Wildman–Crippen MR) is 141 cm³/mol. The number of nitrogens with zero attached hydrogens (tertiary/aromatic N) is 7. The normalized spacial score (nSPS) is 16.4. The highest BCUT2D eigenvalue weighted by atomic mass is 16.3. The smallest absolute Gasteiger partial charge is 0.240 e. The van der Waals surface area contributed by atoms with Crippen molar-refractivity contribution in [2.75, 3.05) is 61.3 Å². The SMILES string of the molecule is Nc1nnc(-c2ccccc2O)cc1N1CCCN(c2ccnc(C#CCN3CC(=O)NC(=O)C3)n2)CC1. The molecule has 0 spiro atoms. The highest BCUT2D eigenvalue weighted by molar-refractivity contribution is 5.99. The number of phenols is 1. The minimum atomic E-state index is -0.324. The standard InChI is InChI=1S/C26H27N9O3/c27-26-20(15-19(31-32-26)18-5-1-2-6-21(18)36)34-11-4-12-35(14-13-34)23-8-9-28-22(29-23)7-3-10-33-16-24(37)30-25(38)17-33/h1-2,5-6,8-9,15,36H,4,10-14,16-17H2,(H2,27,32)(H,30,37,38). The first kappa shape index (κ1) is 24.9. The lowest BCUT2D eigenvalue weighted by Gasteiger charge is -2.25. The minimum absolute atomic E-state index is 0.136. The Labute approximate surface area is 219 Å². The zero-order valence-electron chi connectivity index (χ0n) is 20.7. The number of amides is 2. The van der Waals surface area contributed by atoms with Crippen LogP contribution in [0.3, 0.4) is 0 Å². The lowest BCUT2D eigenvalue weighted by Crippen LogP contribution is -2.51. The first-order valence-electron chi connectivity index (χ1n) is 12.2. The van der Waals surface area contributed by atoms with Crippen LogP contribution in [0.1, 0.15) is 12.2 Å². The first-order valence-corrected chi connectivity index (χ1v) is 12.2. The Morgan fingerprint density at radius 3 is 2.58 bits per heavy atom. The molecule has 2 saturated heterocycles. The van der Waals surface area contributed by atoms with Crippen molar-refractivity contribution in [1.29, 1.82) is 0 Å². The second-order valence-electron chi connectivity index (χ2n) is 9.00. The largest absolute Gasteiger partial charge is 0.507 e. The van der Waals surface area contributed by atoms with Gasteiger partial charge in [-0.05, 0) is 36.6 Å². The molecule has 5 rings (SSSR count). The van der Waals surface area contributed by atoms with Gasteiger partial charge in [0.1, 0.15) is 11.6 Å². The van der Waals surface area contributed by atoms with Gasteiger partial charge in [-0.2, -0.15) is 0 Å². The van der Waals surface area contributed by atoms with Crippen molar-refractivity contribution in [3.8, 4) is 28.8 Å². The number of para-hydroxylation sites is 1. The Morgan fingerprint density at radius 2 is 1.76 bits per heavy atom. The molecule has 4 N–H and O–H groups in total. The third kappa shape index (κ3) is 5.79. The maximum Gasteiger partial charge on any atom is 0.240 e. The topological polar surface area (TPSA) is 154 Å². The molecule has 12 nitrogen and oxygen atoms in total. The van der Waals surface area contributed by atoms with E-state index in [0.29, 0.717) is 36.0 Å². The summed E-state index contributed by atoms with van der Waals surface area (Å²) in [4.78, 5) is 37.9. The van der Waals surface area contributed by atoms with Crippen LogP contribution in [0.4, 0.5) is 17.3 Å². The monoisotopic (exact) mass is 513 g/mol. The van der Waals surface area contributed by atoms with Crippen molar-refractivity contribution in [2.24, 2.45) is 0 Å². The van der Waals surface area contributed by atoms with Gasteiger partial charge in [0.05, 0.1) is 31.0 Å². The van der Waals surface area contributed by atoms with Gasteiger partial charge >= 0.3 is 0 Å². The van der Waals surface area contributed by atoms with E-state index in [0.717, 1.165) is 31.0 Å². The molecular weight excluding hydrogens is 486 g/mol. The molecule has 2 amide bonds. The van der Waals surface area contributed by atoms with Crippen LogP contribution in [-0.4, -0.2) is 87.8 Å². The van der Waals surface area contributed by atoms with Crippen molar-refractivity contribution >= 4 is 29.1 Å². The summed E-state index contributed by atoms with van der Waals surface area (Å²) in [6.07, 6.45) is 2.54. The second kappa shape index (κ2) is 11.1. The van der Waals surface area contributed by atoms with E-state index in [2.05, 4.69) is 47.1 Å². The summed E-state index contributed by atoms with van der Waals surface area (Å²) < 4.78 is 0. The summed E-state index contributed by atoms with van der Waals surface area (Å²) in [6.45, 7) is 3.49. The van der Waals surface area contributed by atoms with Crippen LogP contribution in [0.15, 0.2) is 42.6 Å². The van der Waals surface area contributed by atoms with Crippen molar-refractivity contribution in [1.82, 2.24) is 30.4 Å². The Morgan fingerprint density at radius 1 is 1.00 bits per heavy atom. The molecule has 0 aliphatic carbocycles. The highest BCUT2D eigenvalue weighted by Crippen LogP contribution is 2.31. The predicted octanol–water partition coefficient (Wildman–Crippen LogP) is 0.248. The number of carbonyl (C=O) groups is 2. The summed E-state index contributed by atoms with van der Waals surface area (Å²) in [5.41, 5.74) is 8.13. The van der Waals surface area contributed by atoms with Gasteiger partial charge in [0.2, 0.25) is 17.6 Å². The van der Waals surface area contributed by atoms with E-state index in [4.69, 9.17) is 5.73 Å². The number of carbonyl (C=O) groups excluding carboxylic acids is 2. The number of imide groups is 1. The van der Waals surface area contributed by atoms with Gasteiger partial charge in [0.15, 0.2) is 5.82 Å². The highest BCUT2D eigenvalue weighted by Gasteiger charge is 2.22. The van der Waals surface area contributed by atoms with E-state index >= 15 is 0 Å². The fourth-order valence-corrected chi connectivity index (χ4v) is 4.48. The first-order chi connectivity index (χ1) is 18.5. The van der Waals surface area contributed by atoms with Crippen LogP contribution < -0.4 is 20.9 Å². The van der Waals surface area contributed by atoms with Crippen molar-refractivity contribution in [3.63, 3.8) is 0 Å². The molecule has 12 heteroatoms. The number of aromatic hydroxyl groups is 1. The fraction of sp³-hybridized carbons (Fsp3) is 0.308. The van der Waals surface area contributed by atoms with Gasteiger partial charge in [0.25, 0.3) is 0 Å². The zero-order valence-corrected chi connectivity index (χ0v) is 20.7. The summed E-state index contributed by atoms with van der Waals surface area (Å²) in [6, 6.07) is 10.7. The van der Waals surface area contributed by atoms with Gasteiger partial charge in [-0.25, -0.2) is 9.97 Å². The number of aromatic nitrogens is 4. The van der Waals surface area contributed by atoms with Gasteiger partial charge < -0.3 is 20.6 Å². The zero-order chi connectivity index (χ0) is 26.5. The van der Waals surface area contributed by atoms with E-state index in [1.165, 1.54) is 0 Å². The molecule has 38 heavy (non-hydrogen) atoms. The molecule has 4 heterocycles. The Kier molecular flexibility index (Phi) is 7.28. The molecule has 0 unspecified atom stereocenters. The number of phenolic OH excluding ortho intramolecular Hbond substituents is 1. The van der Waals surface area contributed by atoms with Crippen LogP contribution in [-0.2, 0) is 9.59 Å². The Hall–Kier alpha value is -4.76. The Balaban J connectivity index is 1.26. The number of nitrogens with two attached hydrogens (primary N) is 1. The number of nitrogen functional groups attached to an aromatic ring is 1. The maximum atomic E-state index is 11.5. The number of piperazine rings is 1. The van der Waals surface area contributed by atoms with E-state index in [-0.39, 0.29) is 37.2 Å². The van der Waals surface area contributed by atoms with Gasteiger partial charge in [0, 0.05) is 37.9 Å². The molecule has 0 radical (unpaired) electrons. The van der Waals surface area contributed by atoms with Crippen molar-refractivity contribution < 1.29 is 14.7 Å². The third-order valence-electron chi connectivity index (χ3n) is 6.30. The number of hydrogen-bond acceptors (Lipinski definition) is 11. The molecule has 194 valence electrons. The summed E-state index contributed by atoms with van der Waals surface area (Å²) in [5.74, 6) is 6.88. The molecule has 0 atom stereocenters. The summed E-state index contributed by atoms with van der Waals surface area (Å²) >= 11 is 0. The molecule has 0 bridgehead atoms. The van der Waals surface area contributed by atoms with Crippen LogP contribution >= 0.6 is 0 Å². The molecule has 2 aliphatic rings. The molecule has 2 aliphatic heterocycles.